The van der Waals surface area contributed by atoms with Crippen LogP contribution in [0.4, 0.5) is 0 Å². The Morgan fingerprint density at radius 1 is 1.22 bits per heavy atom. The summed E-state index contributed by atoms with van der Waals surface area (Å²) in [6.07, 6.45) is 0. The molecule has 0 atom stereocenters. The van der Waals surface area contributed by atoms with Crippen molar-refractivity contribution in [2.45, 2.75) is 38.1 Å². The molecular formula is C12H17NO4S. The third-order valence-electron chi connectivity index (χ3n) is 2.71. The highest BCUT2D eigenvalue weighted by atomic mass is 32.2. The van der Waals surface area contributed by atoms with Gasteiger partial charge in [-0.25, -0.2) is 8.42 Å². The highest BCUT2D eigenvalue weighted by Gasteiger charge is 2.33. The second kappa shape index (κ2) is 4.70. The van der Waals surface area contributed by atoms with Gasteiger partial charge in [0.25, 0.3) is 0 Å². The molecule has 2 N–H and O–H groups in total. The monoisotopic (exact) mass is 271 g/mol. The van der Waals surface area contributed by atoms with Crippen LogP contribution in [0.1, 0.15) is 25.0 Å². The molecule has 18 heavy (non-hydrogen) atoms. The zero-order valence-corrected chi connectivity index (χ0v) is 11.6. The third kappa shape index (κ3) is 3.08. The van der Waals surface area contributed by atoms with Crippen molar-refractivity contribution in [3.63, 3.8) is 0 Å². The summed E-state index contributed by atoms with van der Waals surface area (Å²) in [5.41, 5.74) is 0.273. The van der Waals surface area contributed by atoms with E-state index in [1.54, 1.807) is 13.0 Å². The fourth-order valence-corrected chi connectivity index (χ4v) is 2.78. The van der Waals surface area contributed by atoms with E-state index in [0.717, 1.165) is 11.1 Å². The van der Waals surface area contributed by atoms with Gasteiger partial charge in [-0.2, -0.15) is 4.72 Å². The van der Waals surface area contributed by atoms with Gasteiger partial charge < -0.3 is 5.11 Å². The second-order valence-corrected chi connectivity index (χ2v) is 6.46. The van der Waals surface area contributed by atoms with Gasteiger partial charge in [0.05, 0.1) is 4.90 Å². The fourth-order valence-electron chi connectivity index (χ4n) is 1.32. The van der Waals surface area contributed by atoms with Gasteiger partial charge in [0.2, 0.25) is 10.0 Å². The van der Waals surface area contributed by atoms with Crippen LogP contribution in [0.25, 0.3) is 0 Å². The minimum atomic E-state index is -3.83. The number of carbonyl (C=O) groups is 1. The number of carboxylic acid groups (broad SMARTS) is 1. The molecule has 0 spiro atoms. The average Bonchev–Trinajstić information content (AvgIpc) is 2.20. The van der Waals surface area contributed by atoms with E-state index in [2.05, 4.69) is 4.72 Å². The first kappa shape index (κ1) is 14.7. The first-order valence-electron chi connectivity index (χ1n) is 5.41. The molecule has 0 heterocycles. The number of carboxylic acids is 1. The summed E-state index contributed by atoms with van der Waals surface area (Å²) in [5, 5.41) is 8.92. The number of hydrogen-bond acceptors (Lipinski definition) is 3. The summed E-state index contributed by atoms with van der Waals surface area (Å²) in [6.45, 7) is 6.28. The molecule has 5 nitrogen and oxygen atoms in total. The Hall–Kier alpha value is -1.40. The van der Waals surface area contributed by atoms with Crippen molar-refractivity contribution in [3.05, 3.63) is 29.3 Å². The van der Waals surface area contributed by atoms with Gasteiger partial charge >= 0.3 is 5.97 Å². The molecule has 0 aliphatic carbocycles. The van der Waals surface area contributed by atoms with Crippen LogP contribution < -0.4 is 4.72 Å². The number of hydrogen-bond donors (Lipinski definition) is 2. The maximum absolute atomic E-state index is 12.0. The molecule has 0 fully saturated rings. The Morgan fingerprint density at radius 2 is 1.78 bits per heavy atom. The van der Waals surface area contributed by atoms with E-state index in [-0.39, 0.29) is 4.90 Å². The molecule has 100 valence electrons. The molecule has 0 unspecified atom stereocenters. The summed E-state index contributed by atoms with van der Waals surface area (Å²) in [7, 11) is -3.83. The predicted molar refractivity (Wildman–Crippen MR) is 68.0 cm³/mol. The number of aliphatic carboxylic acids is 1. The lowest BCUT2D eigenvalue weighted by atomic mass is 10.1. The van der Waals surface area contributed by atoms with E-state index >= 15 is 0 Å². The maximum Gasteiger partial charge on any atom is 0.324 e. The summed E-state index contributed by atoms with van der Waals surface area (Å²) >= 11 is 0. The van der Waals surface area contributed by atoms with Crippen LogP contribution in [0.15, 0.2) is 23.1 Å². The van der Waals surface area contributed by atoms with Crippen molar-refractivity contribution >= 4 is 16.0 Å². The minimum absolute atomic E-state index is 0.0694. The van der Waals surface area contributed by atoms with Crippen LogP contribution in [0, 0.1) is 13.8 Å². The average molecular weight is 271 g/mol. The van der Waals surface area contributed by atoms with E-state index in [9.17, 15) is 13.2 Å². The third-order valence-corrected chi connectivity index (χ3v) is 4.37. The van der Waals surface area contributed by atoms with Gasteiger partial charge in [-0.15, -0.1) is 0 Å². The van der Waals surface area contributed by atoms with Crippen molar-refractivity contribution < 1.29 is 18.3 Å². The zero-order valence-electron chi connectivity index (χ0n) is 10.8. The van der Waals surface area contributed by atoms with Gasteiger partial charge in [-0.3, -0.25) is 4.79 Å². The van der Waals surface area contributed by atoms with Gasteiger partial charge in [-0.1, -0.05) is 6.07 Å². The van der Waals surface area contributed by atoms with Crippen molar-refractivity contribution in [2.24, 2.45) is 0 Å². The van der Waals surface area contributed by atoms with Gasteiger partial charge in [0.15, 0.2) is 0 Å². The Bertz CT molecular complexity index is 576. The summed E-state index contributed by atoms with van der Waals surface area (Å²) < 4.78 is 26.3. The molecule has 0 saturated heterocycles. The van der Waals surface area contributed by atoms with Crippen LogP contribution in [0.3, 0.4) is 0 Å². The molecule has 0 saturated carbocycles. The molecule has 0 radical (unpaired) electrons. The van der Waals surface area contributed by atoms with Crippen LogP contribution >= 0.6 is 0 Å². The highest BCUT2D eigenvalue weighted by molar-refractivity contribution is 7.89. The van der Waals surface area contributed by atoms with Crippen LogP contribution in [0.2, 0.25) is 0 Å². The number of nitrogens with one attached hydrogen (secondary N) is 1. The van der Waals surface area contributed by atoms with Crippen LogP contribution in [-0.2, 0) is 14.8 Å². The lowest BCUT2D eigenvalue weighted by molar-refractivity contribution is -0.142. The van der Waals surface area contributed by atoms with Crippen molar-refractivity contribution in [1.29, 1.82) is 0 Å². The Kier molecular flexibility index (Phi) is 3.83. The first-order valence-corrected chi connectivity index (χ1v) is 6.89. The predicted octanol–water partition coefficient (Wildman–Crippen LogP) is 1.44. The van der Waals surface area contributed by atoms with E-state index in [1.165, 1.54) is 26.0 Å². The molecule has 0 bridgehead atoms. The first-order chi connectivity index (χ1) is 8.06. The molecule has 0 aliphatic rings. The topological polar surface area (TPSA) is 83.5 Å². The molecule has 0 aromatic heterocycles. The highest BCUT2D eigenvalue weighted by Crippen LogP contribution is 2.17. The number of rotatable bonds is 4. The molecule has 0 aliphatic heterocycles. The van der Waals surface area contributed by atoms with Gasteiger partial charge in [0, 0.05) is 0 Å². The van der Waals surface area contributed by atoms with E-state index in [4.69, 9.17) is 5.11 Å². The van der Waals surface area contributed by atoms with Gasteiger partial charge in [0.1, 0.15) is 5.54 Å². The SMILES string of the molecule is Cc1ccc(S(=O)(=O)NC(C)(C)C(=O)O)cc1C. The quantitative estimate of drug-likeness (QED) is 0.868. The summed E-state index contributed by atoms with van der Waals surface area (Å²) in [5.74, 6) is -1.23. The summed E-state index contributed by atoms with van der Waals surface area (Å²) in [4.78, 5) is 11.0. The number of benzene rings is 1. The van der Waals surface area contributed by atoms with Crippen molar-refractivity contribution in [1.82, 2.24) is 4.72 Å². The number of aryl methyl sites for hydroxylation is 2. The smallest absolute Gasteiger partial charge is 0.324 e. The standard InChI is InChI=1S/C12H17NO4S/c1-8-5-6-10(7-9(8)2)18(16,17)13-12(3,4)11(14)15/h5-7,13H,1-4H3,(H,14,15). The second-order valence-electron chi connectivity index (χ2n) is 4.78. The lowest BCUT2D eigenvalue weighted by Crippen LogP contribution is -2.49. The lowest BCUT2D eigenvalue weighted by Gasteiger charge is -2.21. The van der Waals surface area contributed by atoms with E-state index in [0.29, 0.717) is 0 Å². The molecule has 0 amide bonds. The minimum Gasteiger partial charge on any atom is -0.480 e. The normalized spacial score (nSPS) is 12.4. The van der Waals surface area contributed by atoms with E-state index < -0.39 is 21.5 Å². The Morgan fingerprint density at radius 3 is 2.22 bits per heavy atom. The van der Waals surface area contributed by atoms with Crippen molar-refractivity contribution in [3.8, 4) is 0 Å². The maximum atomic E-state index is 12.0. The Balaban J connectivity index is 3.15. The zero-order chi connectivity index (χ0) is 14.1. The summed E-state index contributed by atoms with van der Waals surface area (Å²) in [6, 6.07) is 4.68. The van der Waals surface area contributed by atoms with Gasteiger partial charge in [-0.05, 0) is 51.0 Å². The van der Waals surface area contributed by atoms with Crippen LogP contribution in [-0.4, -0.2) is 25.0 Å². The van der Waals surface area contributed by atoms with E-state index in [1.807, 2.05) is 6.92 Å². The molecule has 1 aromatic rings. The fraction of sp³-hybridized carbons (Fsp3) is 0.417. The van der Waals surface area contributed by atoms with Crippen LogP contribution in [0.5, 0.6) is 0 Å². The molecule has 1 rings (SSSR count). The number of sulfonamides is 1. The largest absolute Gasteiger partial charge is 0.480 e. The Labute approximate surface area is 107 Å². The molecule has 1 aromatic carbocycles. The molecule has 6 heteroatoms. The van der Waals surface area contributed by atoms with Crippen molar-refractivity contribution in [2.75, 3.05) is 0 Å². The molecular weight excluding hydrogens is 254 g/mol.